The summed E-state index contributed by atoms with van der Waals surface area (Å²) in [4.78, 5) is 29.1. The van der Waals surface area contributed by atoms with Gasteiger partial charge in [0.2, 0.25) is 11.8 Å². The Kier molecular flexibility index (Phi) is 10.5. The summed E-state index contributed by atoms with van der Waals surface area (Å²) in [5.74, 6) is 0.510. The second-order valence-electron chi connectivity index (χ2n) is 9.75. The minimum atomic E-state index is -0.637. The van der Waals surface area contributed by atoms with Crippen molar-refractivity contribution in [3.05, 3.63) is 100 Å². The van der Waals surface area contributed by atoms with Gasteiger partial charge >= 0.3 is 0 Å². The minimum absolute atomic E-state index is 0.0906. The Balaban J connectivity index is 1.51. The van der Waals surface area contributed by atoms with Crippen molar-refractivity contribution in [3.63, 3.8) is 0 Å². The molecule has 1 fully saturated rings. The van der Waals surface area contributed by atoms with Gasteiger partial charge in [0, 0.05) is 35.5 Å². The average molecular weight is 554 g/mol. The summed E-state index contributed by atoms with van der Waals surface area (Å²) in [6.07, 6.45) is 5.42. The number of carbonyl (C=O) groups excluding carboxylic acids is 2. The molecule has 0 heterocycles. The van der Waals surface area contributed by atoms with Crippen molar-refractivity contribution in [1.29, 1.82) is 0 Å². The first-order chi connectivity index (χ1) is 18.5. The lowest BCUT2D eigenvalue weighted by Crippen LogP contribution is -2.52. The van der Waals surface area contributed by atoms with Crippen molar-refractivity contribution in [2.24, 2.45) is 0 Å². The molecule has 3 aromatic rings. The number of hydrogen-bond acceptors (Lipinski definition) is 3. The maximum Gasteiger partial charge on any atom is 0.243 e. The van der Waals surface area contributed by atoms with Crippen molar-refractivity contribution in [1.82, 2.24) is 10.2 Å². The van der Waals surface area contributed by atoms with Crippen LogP contribution >= 0.6 is 23.2 Å². The molecule has 1 aliphatic carbocycles. The third-order valence-electron chi connectivity index (χ3n) is 6.83. The standard InChI is InChI=1S/C31H34Cl2N2O3/c32-25-15-17-28(18-16-25)38-19-7-14-30(36)35(22-24-10-6-11-26(33)20-24)29(21-23-8-2-1-3-9-23)31(37)34-27-12-4-5-13-27/h1-3,6,8-11,15-18,20,27,29H,4-5,7,12-14,19,21-22H2,(H,34,37). The molecule has 7 heteroatoms. The minimum Gasteiger partial charge on any atom is -0.494 e. The number of benzene rings is 3. The monoisotopic (exact) mass is 552 g/mol. The lowest BCUT2D eigenvalue weighted by Gasteiger charge is -2.32. The Morgan fingerprint density at radius 3 is 2.32 bits per heavy atom. The molecule has 3 aromatic carbocycles. The van der Waals surface area contributed by atoms with Gasteiger partial charge in [0.25, 0.3) is 0 Å². The molecule has 0 saturated heterocycles. The maximum atomic E-state index is 13.7. The van der Waals surface area contributed by atoms with E-state index >= 15 is 0 Å². The maximum absolute atomic E-state index is 13.7. The van der Waals surface area contributed by atoms with Gasteiger partial charge in [0.15, 0.2) is 0 Å². The number of halogens is 2. The largest absolute Gasteiger partial charge is 0.494 e. The predicted molar refractivity (Wildman–Crippen MR) is 153 cm³/mol. The number of carbonyl (C=O) groups is 2. The zero-order valence-corrected chi connectivity index (χ0v) is 23.0. The molecule has 38 heavy (non-hydrogen) atoms. The Hall–Kier alpha value is -3.02. The smallest absolute Gasteiger partial charge is 0.243 e. The molecule has 200 valence electrons. The van der Waals surface area contributed by atoms with E-state index < -0.39 is 6.04 Å². The van der Waals surface area contributed by atoms with E-state index in [1.165, 1.54) is 0 Å². The van der Waals surface area contributed by atoms with Crippen LogP contribution in [0.1, 0.15) is 49.7 Å². The third kappa shape index (κ3) is 8.50. The SMILES string of the molecule is O=C(NC1CCCC1)C(Cc1ccccc1)N(Cc1cccc(Cl)c1)C(=O)CCCOc1ccc(Cl)cc1. The average Bonchev–Trinajstić information content (AvgIpc) is 3.43. The molecule has 1 aliphatic rings. The number of rotatable bonds is 12. The van der Waals surface area contributed by atoms with Crippen LogP contribution in [0.3, 0.4) is 0 Å². The Bertz CT molecular complexity index is 1180. The quantitative estimate of drug-likeness (QED) is 0.250. The summed E-state index contributed by atoms with van der Waals surface area (Å²) in [7, 11) is 0. The molecule has 1 atom stereocenters. The van der Waals surface area contributed by atoms with Crippen LogP contribution in [0.5, 0.6) is 5.75 Å². The van der Waals surface area contributed by atoms with Crippen LogP contribution in [0.15, 0.2) is 78.9 Å². The van der Waals surface area contributed by atoms with Gasteiger partial charge in [0.1, 0.15) is 11.8 Å². The van der Waals surface area contributed by atoms with Gasteiger partial charge in [-0.3, -0.25) is 9.59 Å². The summed E-state index contributed by atoms with van der Waals surface area (Å²) in [6, 6.07) is 24.0. The van der Waals surface area contributed by atoms with Crippen molar-refractivity contribution < 1.29 is 14.3 Å². The summed E-state index contributed by atoms with van der Waals surface area (Å²) in [5.41, 5.74) is 1.89. The van der Waals surface area contributed by atoms with Crippen molar-refractivity contribution in [2.45, 2.75) is 63.6 Å². The fraction of sp³-hybridized carbons (Fsp3) is 0.355. The third-order valence-corrected chi connectivity index (χ3v) is 7.32. The predicted octanol–water partition coefficient (Wildman–Crippen LogP) is 6.85. The number of ether oxygens (including phenoxy) is 1. The Labute approximate surface area is 235 Å². The molecule has 0 radical (unpaired) electrons. The molecule has 5 nitrogen and oxygen atoms in total. The van der Waals surface area contributed by atoms with Crippen molar-refractivity contribution >= 4 is 35.0 Å². The number of nitrogens with one attached hydrogen (secondary N) is 1. The molecular formula is C31H34Cl2N2O3. The highest BCUT2D eigenvalue weighted by Crippen LogP contribution is 2.22. The van der Waals surface area contributed by atoms with E-state index in [2.05, 4.69) is 5.32 Å². The van der Waals surface area contributed by atoms with Gasteiger partial charge in [-0.15, -0.1) is 0 Å². The van der Waals surface area contributed by atoms with Gasteiger partial charge < -0.3 is 15.0 Å². The lowest BCUT2D eigenvalue weighted by atomic mass is 10.0. The van der Waals surface area contributed by atoms with Gasteiger partial charge in [-0.1, -0.05) is 78.5 Å². The molecule has 0 aliphatic heterocycles. The fourth-order valence-corrected chi connectivity index (χ4v) is 5.18. The second kappa shape index (κ2) is 14.2. The highest BCUT2D eigenvalue weighted by Gasteiger charge is 2.32. The van der Waals surface area contributed by atoms with E-state index in [4.69, 9.17) is 27.9 Å². The molecule has 1 N–H and O–H groups in total. The number of hydrogen-bond donors (Lipinski definition) is 1. The van der Waals surface area contributed by atoms with Gasteiger partial charge in [-0.2, -0.15) is 0 Å². The van der Waals surface area contributed by atoms with Gasteiger partial charge in [-0.25, -0.2) is 0 Å². The molecule has 2 amide bonds. The molecule has 4 rings (SSSR count). The van der Waals surface area contributed by atoms with E-state index in [9.17, 15) is 9.59 Å². The van der Waals surface area contributed by atoms with Crippen LogP contribution in [0.25, 0.3) is 0 Å². The molecule has 1 unspecified atom stereocenters. The van der Waals surface area contributed by atoms with Crippen LogP contribution in [0, 0.1) is 0 Å². The van der Waals surface area contributed by atoms with Gasteiger partial charge in [0.05, 0.1) is 6.61 Å². The number of nitrogens with zero attached hydrogens (tertiary/aromatic N) is 1. The topological polar surface area (TPSA) is 58.6 Å². The first-order valence-electron chi connectivity index (χ1n) is 13.2. The highest BCUT2D eigenvalue weighted by atomic mass is 35.5. The first kappa shape index (κ1) is 28.0. The summed E-state index contributed by atoms with van der Waals surface area (Å²) in [6.45, 7) is 0.684. The highest BCUT2D eigenvalue weighted by molar-refractivity contribution is 6.30. The zero-order valence-electron chi connectivity index (χ0n) is 21.5. The van der Waals surface area contributed by atoms with Crippen LogP contribution < -0.4 is 10.1 Å². The van der Waals surface area contributed by atoms with E-state index in [0.717, 1.165) is 36.8 Å². The van der Waals surface area contributed by atoms with Crippen molar-refractivity contribution in [3.8, 4) is 5.75 Å². The number of amides is 2. The van der Waals surface area contributed by atoms with Crippen LogP contribution in [0.2, 0.25) is 10.0 Å². The summed E-state index contributed by atoms with van der Waals surface area (Å²) >= 11 is 12.2. The summed E-state index contributed by atoms with van der Waals surface area (Å²) in [5, 5.41) is 4.47. The van der Waals surface area contributed by atoms with Crippen molar-refractivity contribution in [2.75, 3.05) is 6.61 Å². The van der Waals surface area contributed by atoms with Crippen LogP contribution in [-0.2, 0) is 22.6 Å². The molecule has 1 saturated carbocycles. The van der Waals surface area contributed by atoms with E-state index in [1.807, 2.05) is 48.5 Å². The van der Waals surface area contributed by atoms with E-state index in [-0.39, 0.29) is 24.3 Å². The molecular weight excluding hydrogens is 519 g/mol. The molecule has 0 aromatic heterocycles. The Morgan fingerprint density at radius 2 is 1.61 bits per heavy atom. The van der Waals surface area contributed by atoms with Gasteiger partial charge in [-0.05, 0) is 66.8 Å². The zero-order chi connectivity index (χ0) is 26.7. The van der Waals surface area contributed by atoms with Crippen LogP contribution in [-0.4, -0.2) is 35.4 Å². The Morgan fingerprint density at radius 1 is 0.895 bits per heavy atom. The fourth-order valence-electron chi connectivity index (χ4n) is 4.84. The van der Waals surface area contributed by atoms with Crippen LogP contribution in [0.4, 0.5) is 0 Å². The first-order valence-corrected chi connectivity index (χ1v) is 14.0. The van der Waals surface area contributed by atoms with E-state index in [0.29, 0.717) is 41.8 Å². The second-order valence-corrected chi connectivity index (χ2v) is 10.6. The lowest BCUT2D eigenvalue weighted by molar-refractivity contribution is -0.141. The molecule has 0 bridgehead atoms. The molecule has 0 spiro atoms. The van der Waals surface area contributed by atoms with E-state index in [1.54, 1.807) is 35.2 Å². The normalized spacial score (nSPS) is 14.2. The summed E-state index contributed by atoms with van der Waals surface area (Å²) < 4.78 is 5.79.